The molecule has 0 spiro atoms. The van der Waals surface area contributed by atoms with Gasteiger partial charge in [0.1, 0.15) is 0 Å². The number of rotatable bonds is 2. The van der Waals surface area contributed by atoms with Crippen molar-refractivity contribution in [2.75, 3.05) is 5.32 Å². The van der Waals surface area contributed by atoms with E-state index in [9.17, 15) is 14.4 Å². The van der Waals surface area contributed by atoms with E-state index in [4.69, 9.17) is 0 Å². The molecule has 108 valence electrons. The fourth-order valence-corrected chi connectivity index (χ4v) is 2.20. The van der Waals surface area contributed by atoms with Crippen molar-refractivity contribution in [3.05, 3.63) is 30.3 Å². The predicted molar refractivity (Wildman–Crippen MR) is 78.3 cm³/mol. The molecule has 1 fully saturated rings. The van der Waals surface area contributed by atoms with Crippen LogP contribution in [0.3, 0.4) is 0 Å². The van der Waals surface area contributed by atoms with E-state index in [1.165, 1.54) is 0 Å². The maximum atomic E-state index is 11.9. The van der Waals surface area contributed by atoms with Crippen molar-refractivity contribution in [2.45, 2.75) is 33.6 Å². The van der Waals surface area contributed by atoms with Crippen molar-refractivity contribution in [3.63, 3.8) is 0 Å². The van der Waals surface area contributed by atoms with Gasteiger partial charge in [0.15, 0.2) is 17.5 Å². The quantitative estimate of drug-likeness (QED) is 0.844. The van der Waals surface area contributed by atoms with Crippen LogP contribution in [0.25, 0.3) is 0 Å². The van der Waals surface area contributed by atoms with Crippen LogP contribution >= 0.6 is 0 Å². The average Bonchev–Trinajstić information content (AvgIpc) is 2.41. The molecule has 0 unspecified atom stereocenters. The van der Waals surface area contributed by atoms with E-state index in [0.717, 1.165) is 0 Å². The molecule has 0 bridgehead atoms. The third kappa shape index (κ3) is 4.02. The molecule has 0 aromatic heterocycles. The zero-order chi connectivity index (χ0) is 15.1. The van der Waals surface area contributed by atoms with Crippen LogP contribution in [-0.2, 0) is 14.4 Å². The minimum atomic E-state index is -1.12. The van der Waals surface area contributed by atoms with Crippen LogP contribution in [-0.4, -0.2) is 17.5 Å². The molecule has 1 aromatic rings. The monoisotopic (exact) mass is 275 g/mol. The standard InChI is InChI=1S/C14H15NO3.C2H6/c1-9-7-11(16)13(12(17)8-9)14(18)15-10-5-3-2-4-6-10;1-2/h2-6,9,13H,7-8H2,1H3,(H,15,18);1-2H3. The topological polar surface area (TPSA) is 63.2 Å². The molecule has 1 N–H and O–H groups in total. The molecular weight excluding hydrogens is 254 g/mol. The first-order chi connectivity index (χ1) is 9.58. The minimum absolute atomic E-state index is 0.0470. The Morgan fingerprint density at radius 3 is 2.05 bits per heavy atom. The lowest BCUT2D eigenvalue weighted by Crippen LogP contribution is -2.40. The Morgan fingerprint density at radius 2 is 1.55 bits per heavy atom. The number of para-hydroxylation sites is 1. The molecule has 1 saturated carbocycles. The van der Waals surface area contributed by atoms with E-state index in [2.05, 4.69) is 5.32 Å². The molecule has 0 atom stereocenters. The van der Waals surface area contributed by atoms with E-state index >= 15 is 0 Å². The number of Topliss-reactive ketones (excluding diaryl/α,β-unsaturated/α-hetero) is 2. The highest BCUT2D eigenvalue weighted by atomic mass is 16.2. The number of ketones is 2. The largest absolute Gasteiger partial charge is 0.325 e. The number of nitrogens with one attached hydrogen (secondary N) is 1. The number of amides is 1. The zero-order valence-electron chi connectivity index (χ0n) is 12.2. The molecule has 0 radical (unpaired) electrons. The maximum Gasteiger partial charge on any atom is 0.242 e. The van der Waals surface area contributed by atoms with Crippen molar-refractivity contribution in [1.29, 1.82) is 0 Å². The smallest absolute Gasteiger partial charge is 0.242 e. The Kier molecular flexibility index (Phi) is 6.10. The van der Waals surface area contributed by atoms with Gasteiger partial charge in [-0.1, -0.05) is 39.0 Å². The van der Waals surface area contributed by atoms with Gasteiger partial charge in [0.2, 0.25) is 5.91 Å². The summed E-state index contributed by atoms with van der Waals surface area (Å²) in [7, 11) is 0. The molecule has 0 saturated heterocycles. The molecule has 4 heteroatoms. The number of anilines is 1. The average molecular weight is 275 g/mol. The Labute approximate surface area is 119 Å². The second kappa shape index (κ2) is 7.58. The highest BCUT2D eigenvalue weighted by Gasteiger charge is 2.38. The normalized spacial score (nSPS) is 21.8. The zero-order valence-corrected chi connectivity index (χ0v) is 12.2. The molecule has 1 aromatic carbocycles. The van der Waals surface area contributed by atoms with Gasteiger partial charge in [-0.3, -0.25) is 14.4 Å². The summed E-state index contributed by atoms with van der Waals surface area (Å²) >= 11 is 0. The summed E-state index contributed by atoms with van der Waals surface area (Å²) < 4.78 is 0. The van der Waals surface area contributed by atoms with E-state index in [1.807, 2.05) is 26.8 Å². The summed E-state index contributed by atoms with van der Waals surface area (Å²) in [6, 6.07) is 8.83. The molecular formula is C16H21NO3. The second-order valence-electron chi connectivity index (χ2n) is 4.73. The van der Waals surface area contributed by atoms with Gasteiger partial charge in [0.05, 0.1) is 0 Å². The summed E-state index contributed by atoms with van der Waals surface area (Å²) in [4.78, 5) is 35.5. The van der Waals surface area contributed by atoms with Crippen LogP contribution in [0.5, 0.6) is 0 Å². The Balaban J connectivity index is 0.000000956. The summed E-state index contributed by atoms with van der Waals surface area (Å²) in [5, 5.41) is 2.61. The van der Waals surface area contributed by atoms with Gasteiger partial charge in [0.25, 0.3) is 0 Å². The highest BCUT2D eigenvalue weighted by Crippen LogP contribution is 2.23. The fourth-order valence-electron chi connectivity index (χ4n) is 2.20. The van der Waals surface area contributed by atoms with E-state index < -0.39 is 11.8 Å². The Morgan fingerprint density at radius 1 is 1.05 bits per heavy atom. The molecule has 1 aliphatic carbocycles. The fraction of sp³-hybridized carbons (Fsp3) is 0.438. The number of carbonyl (C=O) groups is 3. The van der Waals surface area contributed by atoms with Crippen molar-refractivity contribution < 1.29 is 14.4 Å². The van der Waals surface area contributed by atoms with Crippen LogP contribution in [0.15, 0.2) is 30.3 Å². The SMILES string of the molecule is CC.CC1CC(=O)C(C(=O)Nc2ccccc2)C(=O)C1. The van der Waals surface area contributed by atoms with Crippen LogP contribution in [0.1, 0.15) is 33.6 Å². The number of hydrogen-bond acceptors (Lipinski definition) is 3. The summed E-state index contributed by atoms with van der Waals surface area (Å²) in [5.74, 6) is -2.13. The van der Waals surface area contributed by atoms with Gasteiger partial charge in [-0.15, -0.1) is 0 Å². The van der Waals surface area contributed by atoms with Gasteiger partial charge in [0, 0.05) is 18.5 Å². The maximum absolute atomic E-state index is 11.9. The highest BCUT2D eigenvalue weighted by molar-refractivity contribution is 6.23. The molecule has 0 aliphatic heterocycles. The Bertz CT molecular complexity index is 464. The first-order valence-electron chi connectivity index (χ1n) is 6.99. The van der Waals surface area contributed by atoms with Crippen molar-refractivity contribution in [1.82, 2.24) is 0 Å². The summed E-state index contributed by atoms with van der Waals surface area (Å²) in [6.45, 7) is 5.85. The lowest BCUT2D eigenvalue weighted by molar-refractivity contribution is -0.142. The van der Waals surface area contributed by atoms with Crippen LogP contribution in [0.4, 0.5) is 5.69 Å². The van der Waals surface area contributed by atoms with Crippen LogP contribution in [0, 0.1) is 11.8 Å². The second-order valence-corrected chi connectivity index (χ2v) is 4.73. The lowest BCUT2D eigenvalue weighted by atomic mass is 9.80. The van der Waals surface area contributed by atoms with E-state index in [0.29, 0.717) is 18.5 Å². The van der Waals surface area contributed by atoms with E-state index in [1.54, 1.807) is 24.3 Å². The van der Waals surface area contributed by atoms with Gasteiger partial charge in [-0.25, -0.2) is 0 Å². The van der Waals surface area contributed by atoms with Gasteiger partial charge >= 0.3 is 0 Å². The molecule has 1 amide bonds. The van der Waals surface area contributed by atoms with Crippen LogP contribution in [0.2, 0.25) is 0 Å². The third-order valence-corrected chi connectivity index (χ3v) is 3.05. The van der Waals surface area contributed by atoms with Crippen LogP contribution < -0.4 is 5.32 Å². The molecule has 1 aliphatic rings. The lowest BCUT2D eigenvalue weighted by Gasteiger charge is -2.23. The molecule has 0 heterocycles. The number of benzene rings is 1. The van der Waals surface area contributed by atoms with Gasteiger partial charge in [-0.05, 0) is 18.1 Å². The van der Waals surface area contributed by atoms with Crippen molar-refractivity contribution >= 4 is 23.2 Å². The van der Waals surface area contributed by atoms with Gasteiger partial charge in [-0.2, -0.15) is 0 Å². The first-order valence-corrected chi connectivity index (χ1v) is 6.99. The predicted octanol–water partition coefficient (Wildman–Crippen LogP) is 2.84. The first kappa shape index (κ1) is 16.1. The molecule has 4 nitrogen and oxygen atoms in total. The minimum Gasteiger partial charge on any atom is -0.325 e. The molecule has 20 heavy (non-hydrogen) atoms. The Hall–Kier alpha value is -1.97. The van der Waals surface area contributed by atoms with E-state index in [-0.39, 0.29) is 17.5 Å². The summed E-state index contributed by atoms with van der Waals surface area (Å²) in [5.41, 5.74) is 0.599. The van der Waals surface area contributed by atoms with Gasteiger partial charge < -0.3 is 5.32 Å². The van der Waals surface area contributed by atoms with Crippen molar-refractivity contribution in [2.24, 2.45) is 11.8 Å². The number of hydrogen-bond donors (Lipinski definition) is 1. The van der Waals surface area contributed by atoms with Crippen molar-refractivity contribution in [3.8, 4) is 0 Å². The molecule has 2 rings (SSSR count). The third-order valence-electron chi connectivity index (χ3n) is 3.05. The number of carbonyl (C=O) groups excluding carboxylic acids is 3. The summed E-state index contributed by atoms with van der Waals surface area (Å²) in [6.07, 6.45) is 0.608.